The molecule has 0 unspecified atom stereocenters. The molecule has 0 saturated carbocycles. The summed E-state index contributed by atoms with van der Waals surface area (Å²) in [5, 5.41) is 6.49. The first-order chi connectivity index (χ1) is 13.5. The van der Waals surface area contributed by atoms with Gasteiger partial charge >= 0.3 is 0 Å². The van der Waals surface area contributed by atoms with Gasteiger partial charge in [0.1, 0.15) is 0 Å². The number of likely N-dealkylation sites (tertiary alicyclic amines) is 1. The SMILES string of the molecule is O=C(CCc1ccccc1Cl)NC(=S)Nc1cccc(C(=O)N2CCCC2)c1. The standard InChI is InChI=1S/C21H22ClN3O2S/c22-18-9-2-1-6-15(18)10-11-19(26)24-21(28)23-17-8-5-7-16(14-17)20(27)25-12-3-4-13-25/h1-2,5-9,14H,3-4,10-13H2,(H2,23,24,26,28). The molecular formula is C21H22ClN3O2S. The van der Waals surface area contributed by atoms with Gasteiger partial charge in [0.15, 0.2) is 5.11 Å². The minimum Gasteiger partial charge on any atom is -0.339 e. The van der Waals surface area contributed by atoms with E-state index in [1.54, 1.807) is 24.3 Å². The molecule has 0 atom stereocenters. The molecule has 1 saturated heterocycles. The van der Waals surface area contributed by atoms with Crippen molar-refractivity contribution in [1.82, 2.24) is 10.2 Å². The lowest BCUT2D eigenvalue weighted by atomic mass is 10.1. The van der Waals surface area contributed by atoms with E-state index in [2.05, 4.69) is 10.6 Å². The third-order valence-corrected chi connectivity index (χ3v) is 5.17. The second kappa shape index (κ2) is 9.66. The second-order valence-corrected chi connectivity index (χ2v) is 7.49. The summed E-state index contributed by atoms with van der Waals surface area (Å²) in [5.41, 5.74) is 2.20. The lowest BCUT2D eigenvalue weighted by molar-refractivity contribution is -0.119. The maximum absolute atomic E-state index is 12.5. The van der Waals surface area contributed by atoms with Crippen LogP contribution in [0.25, 0.3) is 0 Å². The molecule has 2 amide bonds. The smallest absolute Gasteiger partial charge is 0.253 e. The number of nitrogens with zero attached hydrogens (tertiary/aromatic N) is 1. The van der Waals surface area contributed by atoms with Crippen LogP contribution in [0.15, 0.2) is 48.5 Å². The van der Waals surface area contributed by atoms with Crippen molar-refractivity contribution in [2.75, 3.05) is 18.4 Å². The van der Waals surface area contributed by atoms with Gasteiger partial charge in [0.25, 0.3) is 5.91 Å². The van der Waals surface area contributed by atoms with Crippen molar-refractivity contribution >= 4 is 46.4 Å². The van der Waals surface area contributed by atoms with E-state index in [9.17, 15) is 9.59 Å². The van der Waals surface area contributed by atoms with Crippen molar-refractivity contribution in [3.8, 4) is 0 Å². The van der Waals surface area contributed by atoms with Gasteiger partial charge in [-0.1, -0.05) is 35.9 Å². The van der Waals surface area contributed by atoms with E-state index in [0.29, 0.717) is 22.7 Å². The third kappa shape index (κ3) is 5.53. The molecule has 28 heavy (non-hydrogen) atoms. The Kier molecular flexibility index (Phi) is 7.01. The highest BCUT2D eigenvalue weighted by molar-refractivity contribution is 7.80. The van der Waals surface area contributed by atoms with Crippen molar-refractivity contribution in [1.29, 1.82) is 0 Å². The predicted molar refractivity (Wildman–Crippen MR) is 116 cm³/mol. The Bertz CT molecular complexity index is 881. The number of anilines is 1. The van der Waals surface area contributed by atoms with E-state index in [4.69, 9.17) is 23.8 Å². The topological polar surface area (TPSA) is 61.4 Å². The largest absolute Gasteiger partial charge is 0.339 e. The van der Waals surface area contributed by atoms with Gasteiger partial charge in [-0.3, -0.25) is 9.59 Å². The molecule has 3 rings (SSSR count). The van der Waals surface area contributed by atoms with Gasteiger partial charge in [-0.25, -0.2) is 0 Å². The Morgan fingerprint density at radius 2 is 1.82 bits per heavy atom. The molecule has 146 valence electrons. The van der Waals surface area contributed by atoms with Crippen molar-refractivity contribution in [2.45, 2.75) is 25.7 Å². The van der Waals surface area contributed by atoms with Crippen LogP contribution < -0.4 is 10.6 Å². The maximum atomic E-state index is 12.5. The Morgan fingerprint density at radius 1 is 1.07 bits per heavy atom. The summed E-state index contributed by atoms with van der Waals surface area (Å²) in [5.74, 6) is -0.169. The van der Waals surface area contributed by atoms with Crippen LogP contribution in [0.1, 0.15) is 35.2 Å². The van der Waals surface area contributed by atoms with Crippen LogP contribution in [0.3, 0.4) is 0 Å². The first-order valence-corrected chi connectivity index (χ1v) is 10.0. The van der Waals surface area contributed by atoms with Crippen LogP contribution in [0.2, 0.25) is 5.02 Å². The molecule has 0 bridgehead atoms. The first-order valence-electron chi connectivity index (χ1n) is 9.26. The zero-order valence-electron chi connectivity index (χ0n) is 15.4. The average Bonchev–Trinajstić information content (AvgIpc) is 3.21. The Balaban J connectivity index is 1.51. The molecule has 1 fully saturated rings. The van der Waals surface area contributed by atoms with Crippen molar-refractivity contribution in [2.24, 2.45) is 0 Å². The molecule has 0 aromatic heterocycles. The van der Waals surface area contributed by atoms with Gasteiger partial charge in [0.05, 0.1) is 0 Å². The maximum Gasteiger partial charge on any atom is 0.253 e. The molecule has 5 nitrogen and oxygen atoms in total. The molecule has 2 aromatic carbocycles. The van der Waals surface area contributed by atoms with Gasteiger partial charge < -0.3 is 15.5 Å². The van der Waals surface area contributed by atoms with Crippen LogP contribution in [0.5, 0.6) is 0 Å². The fraction of sp³-hybridized carbons (Fsp3) is 0.286. The van der Waals surface area contributed by atoms with Crippen LogP contribution in [0, 0.1) is 0 Å². The Hall–Kier alpha value is -2.44. The van der Waals surface area contributed by atoms with Crippen molar-refractivity contribution in [3.05, 3.63) is 64.7 Å². The number of carbonyl (C=O) groups is 2. The second-order valence-electron chi connectivity index (χ2n) is 6.67. The monoisotopic (exact) mass is 415 g/mol. The number of thiocarbonyl (C=S) groups is 1. The van der Waals surface area contributed by atoms with Gasteiger partial charge in [-0.05, 0) is 61.3 Å². The van der Waals surface area contributed by atoms with Crippen molar-refractivity contribution in [3.63, 3.8) is 0 Å². The predicted octanol–water partition coefficient (Wildman–Crippen LogP) is 4.02. The fourth-order valence-corrected chi connectivity index (χ4v) is 3.60. The minimum absolute atomic E-state index is 0.0239. The van der Waals surface area contributed by atoms with Gasteiger partial charge in [0.2, 0.25) is 5.91 Å². The van der Waals surface area contributed by atoms with Crippen LogP contribution in [-0.4, -0.2) is 34.9 Å². The van der Waals surface area contributed by atoms with Gasteiger partial charge in [0, 0.05) is 35.8 Å². The summed E-state index contributed by atoms with van der Waals surface area (Å²) in [6.07, 6.45) is 2.91. The summed E-state index contributed by atoms with van der Waals surface area (Å²) in [6.45, 7) is 1.60. The summed E-state index contributed by atoms with van der Waals surface area (Å²) >= 11 is 11.3. The van der Waals surface area contributed by atoms with Crippen LogP contribution in [-0.2, 0) is 11.2 Å². The van der Waals surface area contributed by atoms with E-state index < -0.39 is 0 Å². The Labute approximate surface area is 175 Å². The number of hydrogen-bond acceptors (Lipinski definition) is 3. The highest BCUT2D eigenvalue weighted by atomic mass is 35.5. The van der Waals surface area contributed by atoms with E-state index in [0.717, 1.165) is 31.5 Å². The number of hydrogen-bond donors (Lipinski definition) is 2. The summed E-state index contributed by atoms with van der Waals surface area (Å²) in [4.78, 5) is 26.5. The number of benzene rings is 2. The van der Waals surface area contributed by atoms with E-state index in [1.807, 2.05) is 29.2 Å². The lowest BCUT2D eigenvalue weighted by Crippen LogP contribution is -2.34. The molecular weight excluding hydrogens is 394 g/mol. The van der Waals surface area contributed by atoms with Crippen LogP contribution in [0.4, 0.5) is 5.69 Å². The molecule has 1 aliphatic rings. The van der Waals surface area contributed by atoms with Crippen molar-refractivity contribution < 1.29 is 9.59 Å². The molecule has 1 heterocycles. The van der Waals surface area contributed by atoms with E-state index in [1.165, 1.54) is 0 Å². The van der Waals surface area contributed by atoms with Gasteiger partial charge in [-0.2, -0.15) is 0 Å². The summed E-state index contributed by atoms with van der Waals surface area (Å²) < 4.78 is 0. The number of amides is 2. The van der Waals surface area contributed by atoms with E-state index >= 15 is 0 Å². The van der Waals surface area contributed by atoms with Crippen LogP contribution >= 0.6 is 23.8 Å². The Morgan fingerprint density at radius 3 is 2.57 bits per heavy atom. The zero-order valence-corrected chi connectivity index (χ0v) is 17.0. The number of carbonyl (C=O) groups excluding carboxylic acids is 2. The highest BCUT2D eigenvalue weighted by Gasteiger charge is 2.19. The quantitative estimate of drug-likeness (QED) is 0.724. The number of aryl methyl sites for hydroxylation is 1. The lowest BCUT2D eigenvalue weighted by Gasteiger charge is -2.16. The molecule has 7 heteroatoms. The summed E-state index contributed by atoms with van der Waals surface area (Å²) in [7, 11) is 0. The average molecular weight is 416 g/mol. The number of nitrogens with one attached hydrogen (secondary N) is 2. The number of halogens is 1. The zero-order chi connectivity index (χ0) is 19.9. The normalized spacial score (nSPS) is 13.2. The molecule has 0 spiro atoms. The highest BCUT2D eigenvalue weighted by Crippen LogP contribution is 2.17. The molecule has 0 aliphatic carbocycles. The molecule has 2 N–H and O–H groups in total. The third-order valence-electron chi connectivity index (χ3n) is 4.59. The first kappa shape index (κ1) is 20.3. The minimum atomic E-state index is -0.193. The molecule has 2 aromatic rings. The fourth-order valence-electron chi connectivity index (χ4n) is 3.13. The summed E-state index contributed by atoms with van der Waals surface area (Å²) in [6, 6.07) is 14.6. The number of rotatable bonds is 5. The molecule has 0 radical (unpaired) electrons. The van der Waals surface area contributed by atoms with Gasteiger partial charge in [-0.15, -0.1) is 0 Å². The molecule has 1 aliphatic heterocycles. The van der Waals surface area contributed by atoms with E-state index in [-0.39, 0.29) is 23.3 Å².